The average molecular weight is 329 g/mol. The number of rotatable bonds is 7. The smallest absolute Gasteiger partial charge is 0.308 e. The van der Waals surface area contributed by atoms with Crippen molar-refractivity contribution in [3.05, 3.63) is 53.3 Å². The molecule has 0 aliphatic rings. The summed E-state index contributed by atoms with van der Waals surface area (Å²) in [6.07, 6.45) is 0. The first kappa shape index (κ1) is 17.7. The number of carboxylic acids is 1. The van der Waals surface area contributed by atoms with Gasteiger partial charge in [0, 0.05) is 18.8 Å². The van der Waals surface area contributed by atoms with Gasteiger partial charge in [0.25, 0.3) is 0 Å². The molecule has 24 heavy (non-hydrogen) atoms. The van der Waals surface area contributed by atoms with Gasteiger partial charge >= 0.3 is 5.97 Å². The number of hydrogen-bond acceptors (Lipinski definition) is 3. The Bertz CT molecular complexity index is 710. The predicted octanol–water partition coefficient (Wildman–Crippen LogP) is 2.25. The van der Waals surface area contributed by atoms with Crippen molar-refractivity contribution in [2.75, 3.05) is 6.54 Å². The molecule has 1 atom stereocenters. The molecule has 0 aliphatic carbocycles. The van der Waals surface area contributed by atoms with Crippen LogP contribution in [0.25, 0.3) is 0 Å². The fraction of sp³-hybridized carbons (Fsp3) is 0.389. The van der Waals surface area contributed by atoms with E-state index in [1.54, 1.807) is 16.5 Å². The molecule has 128 valence electrons. The molecular weight excluding hydrogens is 306 g/mol. The van der Waals surface area contributed by atoms with Gasteiger partial charge in [0.1, 0.15) is 6.54 Å². The van der Waals surface area contributed by atoms with Gasteiger partial charge in [-0.25, -0.2) is 0 Å². The Morgan fingerprint density at radius 2 is 1.92 bits per heavy atom. The van der Waals surface area contributed by atoms with Gasteiger partial charge in [-0.05, 0) is 25.5 Å². The van der Waals surface area contributed by atoms with Gasteiger partial charge in [-0.1, -0.05) is 37.3 Å². The zero-order valence-electron chi connectivity index (χ0n) is 14.3. The highest BCUT2D eigenvalue weighted by Gasteiger charge is 2.21. The summed E-state index contributed by atoms with van der Waals surface area (Å²) in [7, 11) is 0. The average Bonchev–Trinajstić information content (AvgIpc) is 2.85. The van der Waals surface area contributed by atoms with Crippen molar-refractivity contribution in [1.29, 1.82) is 0 Å². The van der Waals surface area contributed by atoms with E-state index in [1.165, 1.54) is 0 Å². The number of carbonyl (C=O) groups is 2. The van der Waals surface area contributed by atoms with Crippen LogP contribution in [0.4, 0.5) is 0 Å². The maximum atomic E-state index is 12.7. The quantitative estimate of drug-likeness (QED) is 0.845. The Kier molecular flexibility index (Phi) is 5.73. The molecule has 2 aromatic rings. The van der Waals surface area contributed by atoms with Gasteiger partial charge in [-0.3, -0.25) is 14.3 Å². The molecule has 0 spiro atoms. The Morgan fingerprint density at radius 3 is 2.46 bits per heavy atom. The van der Waals surface area contributed by atoms with Gasteiger partial charge in [-0.2, -0.15) is 5.10 Å². The SMILES string of the molecule is Cc1cc(C)n(CC(=O)N(Cc2ccccc2)CC(C)C(=O)O)n1. The number of aliphatic carboxylic acids is 1. The van der Waals surface area contributed by atoms with Crippen LogP contribution >= 0.6 is 0 Å². The number of nitrogens with zero attached hydrogens (tertiary/aromatic N) is 3. The minimum absolute atomic E-state index is 0.110. The number of amides is 1. The molecule has 1 heterocycles. The van der Waals surface area contributed by atoms with Crippen molar-refractivity contribution in [2.24, 2.45) is 5.92 Å². The van der Waals surface area contributed by atoms with Crippen LogP contribution < -0.4 is 0 Å². The summed E-state index contributed by atoms with van der Waals surface area (Å²) in [6.45, 7) is 6.05. The largest absolute Gasteiger partial charge is 0.481 e. The monoisotopic (exact) mass is 329 g/mol. The highest BCUT2D eigenvalue weighted by atomic mass is 16.4. The third kappa shape index (κ3) is 4.68. The molecule has 1 amide bonds. The Labute approximate surface area is 141 Å². The third-order valence-electron chi connectivity index (χ3n) is 3.87. The molecule has 1 aromatic carbocycles. The number of benzene rings is 1. The van der Waals surface area contributed by atoms with E-state index in [0.717, 1.165) is 17.0 Å². The van der Waals surface area contributed by atoms with E-state index in [2.05, 4.69) is 5.10 Å². The molecule has 0 aliphatic heterocycles. The van der Waals surface area contributed by atoms with E-state index in [-0.39, 0.29) is 19.0 Å². The lowest BCUT2D eigenvalue weighted by Gasteiger charge is -2.25. The first-order chi connectivity index (χ1) is 11.4. The number of aryl methyl sites for hydroxylation is 2. The van der Waals surface area contributed by atoms with Gasteiger partial charge in [0.2, 0.25) is 5.91 Å². The maximum Gasteiger partial charge on any atom is 0.308 e. The zero-order chi connectivity index (χ0) is 17.7. The van der Waals surface area contributed by atoms with Crippen LogP contribution in [-0.2, 0) is 22.7 Å². The molecule has 6 nitrogen and oxygen atoms in total. The number of carbonyl (C=O) groups excluding carboxylic acids is 1. The zero-order valence-corrected chi connectivity index (χ0v) is 14.3. The number of carboxylic acid groups (broad SMARTS) is 1. The van der Waals surface area contributed by atoms with E-state index in [9.17, 15) is 9.59 Å². The molecule has 0 saturated carbocycles. The van der Waals surface area contributed by atoms with Crippen LogP contribution in [0.3, 0.4) is 0 Å². The van der Waals surface area contributed by atoms with Crippen molar-refractivity contribution in [2.45, 2.75) is 33.9 Å². The Hall–Kier alpha value is -2.63. The fourth-order valence-electron chi connectivity index (χ4n) is 2.53. The van der Waals surface area contributed by atoms with Crippen LogP contribution in [0.15, 0.2) is 36.4 Å². The molecule has 1 N–H and O–H groups in total. The first-order valence-corrected chi connectivity index (χ1v) is 7.92. The predicted molar refractivity (Wildman–Crippen MR) is 90.4 cm³/mol. The van der Waals surface area contributed by atoms with E-state index in [4.69, 9.17) is 5.11 Å². The normalized spacial score (nSPS) is 12.0. The van der Waals surface area contributed by atoms with Crippen molar-refractivity contribution >= 4 is 11.9 Å². The maximum absolute atomic E-state index is 12.7. The standard InChI is InChI=1S/C18H23N3O3/c1-13(18(23)24)10-20(11-16-7-5-4-6-8-16)17(22)12-21-15(3)9-14(2)19-21/h4-9,13H,10-12H2,1-3H3,(H,23,24). The van der Waals surface area contributed by atoms with Crippen LogP contribution in [0, 0.1) is 19.8 Å². The first-order valence-electron chi connectivity index (χ1n) is 7.92. The molecule has 0 bridgehead atoms. The van der Waals surface area contributed by atoms with E-state index >= 15 is 0 Å². The third-order valence-corrected chi connectivity index (χ3v) is 3.87. The van der Waals surface area contributed by atoms with E-state index < -0.39 is 11.9 Å². The second-order valence-electron chi connectivity index (χ2n) is 6.08. The lowest BCUT2D eigenvalue weighted by Crippen LogP contribution is -2.38. The molecule has 2 rings (SSSR count). The number of aromatic nitrogens is 2. The van der Waals surface area contributed by atoms with Gasteiger partial charge in [-0.15, -0.1) is 0 Å². The minimum atomic E-state index is -0.910. The summed E-state index contributed by atoms with van der Waals surface area (Å²) in [5, 5.41) is 13.5. The summed E-state index contributed by atoms with van der Waals surface area (Å²) >= 11 is 0. The van der Waals surface area contributed by atoms with Crippen LogP contribution in [-0.4, -0.2) is 38.2 Å². The lowest BCUT2D eigenvalue weighted by molar-refractivity contribution is -0.143. The van der Waals surface area contributed by atoms with Crippen LogP contribution in [0.1, 0.15) is 23.9 Å². The summed E-state index contributed by atoms with van der Waals surface area (Å²) in [6, 6.07) is 11.5. The summed E-state index contributed by atoms with van der Waals surface area (Å²) in [4.78, 5) is 25.5. The molecular formula is C18H23N3O3. The molecule has 1 unspecified atom stereocenters. The lowest BCUT2D eigenvalue weighted by atomic mass is 10.1. The molecule has 1 aromatic heterocycles. The van der Waals surface area contributed by atoms with Gasteiger partial charge < -0.3 is 10.0 Å². The fourth-order valence-corrected chi connectivity index (χ4v) is 2.53. The van der Waals surface area contributed by atoms with Crippen LogP contribution in [0.2, 0.25) is 0 Å². The Morgan fingerprint density at radius 1 is 1.25 bits per heavy atom. The van der Waals surface area contributed by atoms with Crippen LogP contribution in [0.5, 0.6) is 0 Å². The van der Waals surface area contributed by atoms with Crippen molar-refractivity contribution in [1.82, 2.24) is 14.7 Å². The van der Waals surface area contributed by atoms with Crippen molar-refractivity contribution < 1.29 is 14.7 Å². The van der Waals surface area contributed by atoms with E-state index in [0.29, 0.717) is 6.54 Å². The van der Waals surface area contributed by atoms with E-state index in [1.807, 2.05) is 50.2 Å². The highest BCUT2D eigenvalue weighted by molar-refractivity contribution is 5.77. The summed E-state index contributed by atoms with van der Waals surface area (Å²) in [5.41, 5.74) is 2.73. The molecule has 6 heteroatoms. The topological polar surface area (TPSA) is 75.4 Å². The minimum Gasteiger partial charge on any atom is -0.481 e. The highest BCUT2D eigenvalue weighted by Crippen LogP contribution is 2.10. The number of hydrogen-bond donors (Lipinski definition) is 1. The summed E-state index contributed by atoms with van der Waals surface area (Å²) in [5.74, 6) is -1.68. The molecule has 0 radical (unpaired) electrons. The Balaban J connectivity index is 2.15. The second-order valence-corrected chi connectivity index (χ2v) is 6.08. The van der Waals surface area contributed by atoms with Crippen molar-refractivity contribution in [3.63, 3.8) is 0 Å². The summed E-state index contributed by atoms with van der Waals surface area (Å²) < 4.78 is 1.65. The van der Waals surface area contributed by atoms with Gasteiger partial charge in [0.15, 0.2) is 0 Å². The van der Waals surface area contributed by atoms with Crippen molar-refractivity contribution in [3.8, 4) is 0 Å². The molecule has 0 fully saturated rings. The van der Waals surface area contributed by atoms with Gasteiger partial charge in [0.05, 0.1) is 11.6 Å². The second kappa shape index (κ2) is 7.77. The molecule has 0 saturated heterocycles.